The number of hydrogen-bond acceptors (Lipinski definition) is 5. The minimum atomic E-state index is 0.467. The normalized spacial score (nSPS) is 10.1. The zero-order valence-corrected chi connectivity index (χ0v) is 7.81. The van der Waals surface area contributed by atoms with E-state index in [1.54, 1.807) is 12.4 Å². The molecule has 0 saturated carbocycles. The summed E-state index contributed by atoms with van der Waals surface area (Å²) in [6, 6.07) is 0. The number of nitrogens with one attached hydrogen (secondary N) is 1. The maximum absolute atomic E-state index is 5.71. The van der Waals surface area contributed by atoms with E-state index in [-0.39, 0.29) is 0 Å². The molecule has 0 radical (unpaired) electrons. The average molecular weight is 211 g/mol. The predicted molar refractivity (Wildman–Crippen MR) is 52.0 cm³/mol. The van der Waals surface area contributed by atoms with E-state index in [4.69, 9.17) is 17.4 Å². The number of nitrogen functional groups attached to an aromatic ring is 1. The molecule has 7 heteroatoms. The zero-order chi connectivity index (χ0) is 9.97. The Morgan fingerprint density at radius 1 is 1.36 bits per heavy atom. The molecular weight excluding hydrogens is 204 g/mol. The molecular formula is C7H7ClN6. The van der Waals surface area contributed by atoms with Gasteiger partial charge in [0.05, 0.1) is 29.8 Å². The first-order valence-electron chi connectivity index (χ1n) is 3.79. The molecule has 0 aliphatic rings. The van der Waals surface area contributed by atoms with Crippen molar-refractivity contribution >= 4 is 17.4 Å². The van der Waals surface area contributed by atoms with Gasteiger partial charge in [-0.2, -0.15) is 5.10 Å². The maximum Gasteiger partial charge on any atom is 0.174 e. The number of aromatic nitrogens is 4. The second-order valence-corrected chi connectivity index (χ2v) is 2.95. The van der Waals surface area contributed by atoms with Crippen LogP contribution >= 0.6 is 11.6 Å². The van der Waals surface area contributed by atoms with Gasteiger partial charge in [0.25, 0.3) is 0 Å². The third-order valence-electron chi connectivity index (χ3n) is 1.56. The Balaban J connectivity index is 2.41. The smallest absolute Gasteiger partial charge is 0.174 e. The average Bonchev–Trinajstić information content (AvgIpc) is 2.65. The zero-order valence-electron chi connectivity index (χ0n) is 7.05. The molecule has 0 amide bonds. The highest BCUT2D eigenvalue weighted by Gasteiger charge is 2.01. The summed E-state index contributed by atoms with van der Waals surface area (Å²) >= 11 is 5.71. The van der Waals surface area contributed by atoms with E-state index in [2.05, 4.69) is 20.5 Å². The van der Waals surface area contributed by atoms with Crippen LogP contribution in [-0.4, -0.2) is 19.7 Å². The van der Waals surface area contributed by atoms with E-state index >= 15 is 0 Å². The minimum Gasteiger partial charge on any atom is -0.307 e. The summed E-state index contributed by atoms with van der Waals surface area (Å²) in [5.41, 5.74) is 2.40. The molecule has 0 fully saturated rings. The Labute approximate surface area is 84.7 Å². The summed E-state index contributed by atoms with van der Waals surface area (Å²) in [5, 5.41) is 4.51. The molecule has 0 atom stereocenters. The Morgan fingerprint density at radius 3 is 2.86 bits per heavy atom. The third-order valence-corrected chi connectivity index (χ3v) is 1.75. The lowest BCUT2D eigenvalue weighted by Crippen LogP contribution is -2.10. The topological polar surface area (TPSA) is 81.6 Å². The Kier molecular flexibility index (Phi) is 2.30. The number of halogens is 1. The first-order valence-corrected chi connectivity index (χ1v) is 4.16. The lowest BCUT2D eigenvalue weighted by atomic mass is 10.6. The van der Waals surface area contributed by atoms with Gasteiger partial charge in [-0.15, -0.1) is 0 Å². The van der Waals surface area contributed by atoms with Crippen LogP contribution in [0.2, 0.25) is 5.02 Å². The van der Waals surface area contributed by atoms with Crippen molar-refractivity contribution in [2.75, 3.05) is 5.43 Å². The number of hydrogen-bond donors (Lipinski definition) is 2. The van der Waals surface area contributed by atoms with E-state index in [1.807, 2.05) is 0 Å². The maximum atomic E-state index is 5.71. The molecule has 0 aliphatic carbocycles. The molecule has 0 bridgehead atoms. The molecule has 14 heavy (non-hydrogen) atoms. The number of anilines is 1. The van der Waals surface area contributed by atoms with Gasteiger partial charge in [-0.3, -0.25) is 4.98 Å². The summed E-state index contributed by atoms with van der Waals surface area (Å²) < 4.78 is 1.51. The van der Waals surface area contributed by atoms with Gasteiger partial charge in [0.1, 0.15) is 0 Å². The quantitative estimate of drug-likeness (QED) is 0.561. The van der Waals surface area contributed by atoms with E-state index in [0.29, 0.717) is 16.7 Å². The highest BCUT2D eigenvalue weighted by atomic mass is 35.5. The fourth-order valence-corrected chi connectivity index (χ4v) is 1.10. The van der Waals surface area contributed by atoms with Crippen LogP contribution < -0.4 is 11.3 Å². The summed E-state index contributed by atoms with van der Waals surface area (Å²) in [6.45, 7) is 0. The van der Waals surface area contributed by atoms with Crippen molar-refractivity contribution in [1.82, 2.24) is 19.7 Å². The fraction of sp³-hybridized carbons (Fsp3) is 0. The van der Waals surface area contributed by atoms with Crippen molar-refractivity contribution in [3.8, 4) is 5.82 Å². The summed E-state index contributed by atoms with van der Waals surface area (Å²) in [4.78, 5) is 8.05. The lowest BCUT2D eigenvalue weighted by Gasteiger charge is -2.01. The van der Waals surface area contributed by atoms with Crippen LogP contribution in [0.4, 0.5) is 5.82 Å². The Bertz CT molecular complexity index is 439. The number of rotatable bonds is 2. The first kappa shape index (κ1) is 8.92. The minimum absolute atomic E-state index is 0.467. The molecule has 0 aliphatic heterocycles. The van der Waals surface area contributed by atoms with Crippen LogP contribution in [0.3, 0.4) is 0 Å². The summed E-state index contributed by atoms with van der Waals surface area (Å²) in [5.74, 6) is 6.21. The molecule has 0 saturated heterocycles. The molecule has 72 valence electrons. The predicted octanol–water partition coefficient (Wildman–Crippen LogP) is 0.601. The van der Waals surface area contributed by atoms with Gasteiger partial charge in [0, 0.05) is 0 Å². The molecule has 2 rings (SSSR count). The molecule has 6 nitrogen and oxygen atoms in total. The molecule has 0 spiro atoms. The summed E-state index contributed by atoms with van der Waals surface area (Å²) in [7, 11) is 0. The lowest BCUT2D eigenvalue weighted by molar-refractivity contribution is 0.838. The van der Waals surface area contributed by atoms with Crippen LogP contribution in [0.1, 0.15) is 0 Å². The molecule has 0 unspecified atom stereocenters. The van der Waals surface area contributed by atoms with E-state index in [0.717, 1.165) is 0 Å². The Morgan fingerprint density at radius 2 is 2.21 bits per heavy atom. The molecule has 3 N–H and O–H groups in total. The highest BCUT2D eigenvalue weighted by Crippen LogP contribution is 2.10. The van der Waals surface area contributed by atoms with Gasteiger partial charge in [-0.25, -0.2) is 15.5 Å². The fourth-order valence-electron chi connectivity index (χ4n) is 0.962. The molecule has 2 heterocycles. The van der Waals surface area contributed by atoms with E-state index in [9.17, 15) is 0 Å². The van der Waals surface area contributed by atoms with Crippen LogP contribution in [0.25, 0.3) is 5.82 Å². The third kappa shape index (κ3) is 1.66. The van der Waals surface area contributed by atoms with Gasteiger partial charge >= 0.3 is 0 Å². The van der Waals surface area contributed by atoms with Crippen LogP contribution in [-0.2, 0) is 0 Å². The number of nitrogens with two attached hydrogens (primary N) is 1. The molecule has 2 aromatic rings. The van der Waals surface area contributed by atoms with Crippen molar-refractivity contribution in [3.63, 3.8) is 0 Å². The number of hydrazine groups is 1. The SMILES string of the molecule is NNc1cncc(-n2cc(Cl)cn2)n1. The highest BCUT2D eigenvalue weighted by molar-refractivity contribution is 6.30. The first-order chi connectivity index (χ1) is 6.79. The summed E-state index contributed by atoms with van der Waals surface area (Å²) in [6.07, 6.45) is 6.22. The van der Waals surface area contributed by atoms with Gasteiger partial charge in [0.2, 0.25) is 0 Å². The van der Waals surface area contributed by atoms with Gasteiger partial charge in [0.15, 0.2) is 11.6 Å². The van der Waals surface area contributed by atoms with Gasteiger partial charge in [-0.05, 0) is 0 Å². The second kappa shape index (κ2) is 3.60. The van der Waals surface area contributed by atoms with Crippen molar-refractivity contribution in [3.05, 3.63) is 29.8 Å². The van der Waals surface area contributed by atoms with Crippen molar-refractivity contribution < 1.29 is 0 Å². The second-order valence-electron chi connectivity index (χ2n) is 2.51. The molecule has 0 aromatic carbocycles. The monoisotopic (exact) mass is 210 g/mol. The standard InChI is InChI=1S/C7H7ClN6/c8-5-1-11-14(4-5)7-3-10-2-6(12-7)13-9/h1-4H,9H2,(H,12,13). The van der Waals surface area contributed by atoms with Crippen molar-refractivity contribution in [2.45, 2.75) is 0 Å². The van der Waals surface area contributed by atoms with Crippen LogP contribution in [0, 0.1) is 0 Å². The number of nitrogens with zero attached hydrogens (tertiary/aromatic N) is 4. The van der Waals surface area contributed by atoms with E-state index < -0.39 is 0 Å². The molecule has 2 aromatic heterocycles. The van der Waals surface area contributed by atoms with E-state index in [1.165, 1.54) is 17.1 Å². The van der Waals surface area contributed by atoms with Gasteiger partial charge < -0.3 is 5.43 Å². The van der Waals surface area contributed by atoms with Crippen molar-refractivity contribution in [1.29, 1.82) is 0 Å². The van der Waals surface area contributed by atoms with Crippen LogP contribution in [0.15, 0.2) is 24.8 Å². The largest absolute Gasteiger partial charge is 0.307 e. The Hall–Kier alpha value is -1.66. The van der Waals surface area contributed by atoms with Crippen LogP contribution in [0.5, 0.6) is 0 Å². The van der Waals surface area contributed by atoms with Crippen molar-refractivity contribution in [2.24, 2.45) is 5.84 Å². The van der Waals surface area contributed by atoms with Gasteiger partial charge in [-0.1, -0.05) is 11.6 Å².